The van der Waals surface area contributed by atoms with Crippen molar-refractivity contribution in [3.63, 3.8) is 0 Å². The average molecular weight is 822 g/mol. The molecular weight excluding hydrogens is 741 g/mol. The van der Waals surface area contributed by atoms with Gasteiger partial charge in [-0.3, -0.25) is 14.2 Å². The summed E-state index contributed by atoms with van der Waals surface area (Å²) >= 11 is 0. The van der Waals surface area contributed by atoms with Crippen LogP contribution in [0.5, 0.6) is 0 Å². The second kappa shape index (κ2) is 37.7. The van der Waals surface area contributed by atoms with E-state index in [1.807, 2.05) is 63.7 Å². The van der Waals surface area contributed by atoms with Gasteiger partial charge in [-0.25, -0.2) is 0 Å². The first kappa shape index (κ1) is 54.4. The first-order chi connectivity index (χ1) is 27.4. The number of hydrogen-bond donors (Lipinski definition) is 1. The van der Waals surface area contributed by atoms with Crippen LogP contribution < -0.4 is 4.89 Å². The predicted molar refractivity (Wildman–Crippen MR) is 232 cm³/mol. The van der Waals surface area contributed by atoms with Crippen LogP contribution in [0.2, 0.25) is 0 Å². The molecule has 0 amide bonds. The van der Waals surface area contributed by atoms with Crippen molar-refractivity contribution in [2.24, 2.45) is 0 Å². The molecule has 10 nitrogen and oxygen atoms in total. The van der Waals surface area contributed by atoms with Crippen LogP contribution in [0.1, 0.15) is 149 Å². The second-order valence-electron chi connectivity index (χ2n) is 15.5. The lowest BCUT2D eigenvalue weighted by Gasteiger charge is -2.28. The zero-order chi connectivity index (χ0) is 42.3. The van der Waals surface area contributed by atoms with Gasteiger partial charge in [-0.15, -0.1) is 0 Å². The number of phosphoric ester groups is 1. The molecule has 0 aliphatic heterocycles. The van der Waals surface area contributed by atoms with E-state index in [9.17, 15) is 24.2 Å². The van der Waals surface area contributed by atoms with Crippen molar-refractivity contribution in [3.05, 3.63) is 72.9 Å². The Morgan fingerprint density at radius 1 is 0.667 bits per heavy atom. The number of unbranched alkanes of at least 4 members (excludes halogenated alkanes) is 12. The molecule has 0 rings (SSSR count). The van der Waals surface area contributed by atoms with Crippen molar-refractivity contribution in [1.29, 1.82) is 0 Å². The van der Waals surface area contributed by atoms with Crippen LogP contribution in [0.15, 0.2) is 72.9 Å². The lowest BCUT2D eigenvalue weighted by molar-refractivity contribution is -0.870. The van der Waals surface area contributed by atoms with Crippen LogP contribution in [-0.4, -0.2) is 81.2 Å². The number of quaternary nitrogens is 1. The summed E-state index contributed by atoms with van der Waals surface area (Å²) in [5.74, 6) is -0.954. The first-order valence-electron chi connectivity index (χ1n) is 21.8. The highest BCUT2D eigenvalue weighted by Gasteiger charge is 2.21. The van der Waals surface area contributed by atoms with E-state index in [0.717, 1.165) is 38.5 Å². The normalized spacial score (nSPS) is 14.9. The molecule has 0 radical (unpaired) electrons. The maximum Gasteiger partial charge on any atom is 0.306 e. The summed E-state index contributed by atoms with van der Waals surface area (Å²) in [6.45, 7) is 3.91. The minimum Gasteiger partial charge on any atom is -0.756 e. The number of nitrogens with zero attached hydrogens (tertiary/aromatic N) is 1. The Bertz CT molecular complexity index is 1220. The van der Waals surface area contributed by atoms with Gasteiger partial charge < -0.3 is 33.0 Å². The quantitative estimate of drug-likeness (QED) is 0.0161. The molecule has 0 spiro atoms. The van der Waals surface area contributed by atoms with E-state index >= 15 is 0 Å². The highest BCUT2D eigenvalue weighted by atomic mass is 31.2. The summed E-state index contributed by atoms with van der Waals surface area (Å²) in [6, 6.07) is 0. The monoisotopic (exact) mass is 822 g/mol. The van der Waals surface area contributed by atoms with Crippen LogP contribution in [-0.2, 0) is 32.7 Å². The van der Waals surface area contributed by atoms with E-state index in [1.165, 1.54) is 51.4 Å². The van der Waals surface area contributed by atoms with E-state index in [1.54, 1.807) is 6.08 Å². The Morgan fingerprint density at radius 2 is 1.25 bits per heavy atom. The van der Waals surface area contributed by atoms with Crippen molar-refractivity contribution in [2.45, 2.75) is 161 Å². The lowest BCUT2D eigenvalue weighted by atomic mass is 10.1. The van der Waals surface area contributed by atoms with Gasteiger partial charge in [0.2, 0.25) is 0 Å². The number of likely N-dealkylation sites (N-methyl/N-ethyl adjacent to an activating group) is 1. The summed E-state index contributed by atoms with van der Waals surface area (Å²) in [7, 11) is 1.08. The summed E-state index contributed by atoms with van der Waals surface area (Å²) in [4.78, 5) is 37.5. The van der Waals surface area contributed by atoms with Crippen molar-refractivity contribution < 1.29 is 47.2 Å². The molecule has 0 bridgehead atoms. The summed E-state index contributed by atoms with van der Waals surface area (Å²) in [5.41, 5.74) is 0. The van der Waals surface area contributed by atoms with Gasteiger partial charge in [0.25, 0.3) is 7.82 Å². The fourth-order valence-corrected chi connectivity index (χ4v) is 6.08. The van der Waals surface area contributed by atoms with Crippen LogP contribution in [0.25, 0.3) is 0 Å². The molecule has 0 heterocycles. The molecule has 0 aromatic carbocycles. The van der Waals surface area contributed by atoms with Crippen LogP contribution in [0, 0.1) is 0 Å². The number of phosphoric acid groups is 1. The zero-order valence-corrected chi connectivity index (χ0v) is 37.3. The fourth-order valence-electron chi connectivity index (χ4n) is 5.36. The number of rotatable bonds is 38. The minimum absolute atomic E-state index is 0.0567. The van der Waals surface area contributed by atoms with Crippen molar-refractivity contribution in [2.75, 3.05) is 47.5 Å². The Hall–Kier alpha value is -2.59. The first-order valence-corrected chi connectivity index (χ1v) is 23.2. The van der Waals surface area contributed by atoms with Gasteiger partial charge in [0, 0.05) is 12.8 Å². The molecule has 3 atom stereocenters. The van der Waals surface area contributed by atoms with Crippen molar-refractivity contribution in [1.82, 2.24) is 0 Å². The largest absolute Gasteiger partial charge is 0.756 e. The number of aliphatic hydroxyl groups is 1. The zero-order valence-electron chi connectivity index (χ0n) is 36.4. The molecule has 2 unspecified atom stereocenters. The van der Waals surface area contributed by atoms with Gasteiger partial charge in [0.15, 0.2) is 6.10 Å². The van der Waals surface area contributed by atoms with Gasteiger partial charge in [0.05, 0.1) is 33.9 Å². The Labute approximate surface area is 347 Å². The molecular formula is C46H80NO9P. The van der Waals surface area contributed by atoms with Gasteiger partial charge in [0.1, 0.15) is 19.8 Å². The number of ether oxygens (including phenoxy) is 2. The Kier molecular flexibility index (Phi) is 36.0. The highest BCUT2D eigenvalue weighted by Crippen LogP contribution is 2.38. The molecule has 0 aliphatic rings. The van der Waals surface area contributed by atoms with E-state index in [0.29, 0.717) is 43.1 Å². The molecule has 0 fully saturated rings. The van der Waals surface area contributed by atoms with Crippen molar-refractivity contribution in [3.8, 4) is 0 Å². The van der Waals surface area contributed by atoms with Crippen LogP contribution in [0.4, 0.5) is 0 Å². The molecule has 0 aromatic heterocycles. The molecule has 0 aromatic rings. The van der Waals surface area contributed by atoms with Gasteiger partial charge in [-0.2, -0.15) is 0 Å². The molecule has 57 heavy (non-hydrogen) atoms. The third-order valence-electron chi connectivity index (χ3n) is 8.79. The lowest BCUT2D eigenvalue weighted by Crippen LogP contribution is -2.37. The smallest absolute Gasteiger partial charge is 0.306 e. The molecule has 11 heteroatoms. The number of aliphatic hydroxyl groups excluding tert-OH is 1. The average Bonchev–Trinajstić information content (AvgIpc) is 3.15. The highest BCUT2D eigenvalue weighted by molar-refractivity contribution is 7.45. The molecule has 0 saturated carbocycles. The second-order valence-corrected chi connectivity index (χ2v) is 16.9. The summed E-state index contributed by atoms with van der Waals surface area (Å²) in [5, 5.41) is 10.0. The topological polar surface area (TPSA) is 131 Å². The van der Waals surface area contributed by atoms with Gasteiger partial charge >= 0.3 is 11.9 Å². The van der Waals surface area contributed by atoms with E-state index in [2.05, 4.69) is 38.2 Å². The maximum atomic E-state index is 12.6. The summed E-state index contributed by atoms with van der Waals surface area (Å²) in [6.07, 6.45) is 42.5. The maximum absolute atomic E-state index is 12.6. The predicted octanol–water partition coefficient (Wildman–Crippen LogP) is 10.6. The Balaban J connectivity index is 4.55. The third-order valence-corrected chi connectivity index (χ3v) is 9.75. The molecule has 328 valence electrons. The molecule has 0 aliphatic carbocycles. The molecule has 1 N–H and O–H groups in total. The van der Waals surface area contributed by atoms with Crippen LogP contribution >= 0.6 is 7.82 Å². The van der Waals surface area contributed by atoms with Gasteiger partial charge in [-0.05, 0) is 70.6 Å². The number of allylic oxidation sites excluding steroid dienone is 10. The number of carbonyl (C=O) groups is 2. The van der Waals surface area contributed by atoms with E-state index in [4.69, 9.17) is 18.5 Å². The fraction of sp³-hybridized carbons (Fsp3) is 0.696. The van der Waals surface area contributed by atoms with E-state index < -0.39 is 38.6 Å². The number of hydrogen-bond acceptors (Lipinski definition) is 9. The number of esters is 2. The molecule has 0 saturated heterocycles. The third kappa shape index (κ3) is 41.4. The van der Waals surface area contributed by atoms with Gasteiger partial charge in [-0.1, -0.05) is 138 Å². The van der Waals surface area contributed by atoms with Crippen LogP contribution in [0.3, 0.4) is 0 Å². The summed E-state index contributed by atoms with van der Waals surface area (Å²) < 4.78 is 33.8. The minimum atomic E-state index is -4.66. The number of carbonyl (C=O) groups excluding carboxylic acids is 2. The SMILES string of the molecule is CC/C=C\C/C=C\CC(O)/C=C/C=C\C/C=C\CCCC(=O)O[C@H](COC(=O)CCCCCCCCC/C=C\CCCCCC)COP(=O)([O-])OCC[N+](C)(C)C. The van der Waals surface area contributed by atoms with E-state index in [-0.39, 0.29) is 26.1 Å². The Morgan fingerprint density at radius 3 is 1.93 bits per heavy atom. The standard InChI is InChI=1S/C46H80NO9P/c1-6-8-10-12-14-15-16-17-18-19-20-21-25-29-33-37-45(49)53-41-44(42-55-57(51,52)54-40-39-47(3,4)5)56-46(50)38-34-30-26-23-22-24-28-32-36-43(48)35-31-27-13-11-9-7-2/h9,11,15-16,23-24,26-28,31-32,36,43-44,48H,6-8,10,12-14,17-22,25,29-30,33-35,37-42H2,1-5H3/b11-9-,16-15-,26-23-,28-24-,31-27-,36-32+/t43?,44-/m1/s1. The van der Waals surface area contributed by atoms with Crippen molar-refractivity contribution >= 4 is 19.8 Å².